The number of carbonyl (C=O) groups is 1. The van der Waals surface area contributed by atoms with E-state index in [2.05, 4.69) is 15.5 Å². The fourth-order valence-electron chi connectivity index (χ4n) is 2.00. The van der Waals surface area contributed by atoms with Gasteiger partial charge in [0.1, 0.15) is 0 Å². The van der Waals surface area contributed by atoms with E-state index >= 15 is 0 Å². The first kappa shape index (κ1) is 18.4. The van der Waals surface area contributed by atoms with Crippen molar-refractivity contribution in [2.24, 2.45) is 10.2 Å². The van der Waals surface area contributed by atoms with Crippen LogP contribution in [-0.4, -0.2) is 28.0 Å². The summed E-state index contributed by atoms with van der Waals surface area (Å²) >= 11 is 8.57. The van der Waals surface area contributed by atoms with E-state index in [1.807, 2.05) is 12.1 Å². The number of halogens is 1. The topological polar surface area (TPSA) is 97.0 Å². The molecule has 26 heavy (non-hydrogen) atoms. The zero-order valence-electron chi connectivity index (χ0n) is 13.1. The van der Waals surface area contributed by atoms with Crippen LogP contribution in [0.5, 0.6) is 0 Å². The van der Waals surface area contributed by atoms with Crippen molar-refractivity contribution in [3.05, 3.63) is 63.2 Å². The summed E-state index contributed by atoms with van der Waals surface area (Å²) in [6, 6.07) is 11.8. The normalized spacial score (nSPS) is 15.6. The number of non-ortho nitro benzene ring substituents is 1. The molecule has 2 aromatic rings. The zero-order chi connectivity index (χ0) is 18.5. The third kappa shape index (κ3) is 4.84. The monoisotopic (exact) mass is 406 g/mol. The molecule has 1 heterocycles. The second kappa shape index (κ2) is 8.35. The summed E-state index contributed by atoms with van der Waals surface area (Å²) in [5, 5.41) is 22.5. The Bertz CT molecular complexity index is 916. The van der Waals surface area contributed by atoms with Crippen molar-refractivity contribution in [2.75, 3.05) is 5.75 Å². The Labute approximate surface area is 162 Å². The van der Waals surface area contributed by atoms with Gasteiger partial charge in [-0.1, -0.05) is 35.1 Å². The maximum atomic E-state index is 11.1. The van der Waals surface area contributed by atoms with E-state index in [9.17, 15) is 14.9 Å². The molecule has 0 atom stereocenters. The Kier molecular flexibility index (Phi) is 5.92. The van der Waals surface area contributed by atoms with Crippen LogP contribution in [0.2, 0.25) is 5.02 Å². The van der Waals surface area contributed by atoms with Gasteiger partial charge in [0.25, 0.3) is 5.69 Å². The molecule has 1 saturated heterocycles. The summed E-state index contributed by atoms with van der Waals surface area (Å²) < 4.78 is 0. The molecule has 0 aliphatic carbocycles. The highest BCUT2D eigenvalue weighted by Crippen LogP contribution is 2.32. The van der Waals surface area contributed by atoms with E-state index in [1.54, 1.807) is 18.2 Å². The lowest BCUT2D eigenvalue weighted by Crippen LogP contribution is -2.19. The lowest BCUT2D eigenvalue weighted by Gasteiger charge is -2.05. The van der Waals surface area contributed by atoms with Gasteiger partial charge in [0.15, 0.2) is 5.17 Å². The molecule has 10 heteroatoms. The molecule has 0 saturated carbocycles. The minimum absolute atomic E-state index is 0.0388. The SMILES string of the molecule is O=C1CSC(=NN=Cc2cc([N+](=O)[O-])ccc2Sc2ccc(Cl)cc2)N1. The average molecular weight is 407 g/mol. The highest BCUT2D eigenvalue weighted by Gasteiger charge is 2.16. The lowest BCUT2D eigenvalue weighted by molar-refractivity contribution is -0.384. The number of nitrogens with one attached hydrogen (secondary N) is 1. The summed E-state index contributed by atoms with van der Waals surface area (Å²) in [6.07, 6.45) is 1.43. The van der Waals surface area contributed by atoms with Crippen molar-refractivity contribution >= 4 is 58.1 Å². The van der Waals surface area contributed by atoms with Gasteiger partial charge in [-0.05, 0) is 30.3 Å². The predicted molar refractivity (Wildman–Crippen MR) is 104 cm³/mol. The standard InChI is InChI=1S/C16H11ClN4O3S2/c17-11-1-4-13(5-2-11)26-14-6-3-12(21(23)24)7-10(14)8-18-20-16-19-15(22)9-25-16/h1-8H,9H2,(H,19,20,22). The summed E-state index contributed by atoms with van der Waals surface area (Å²) in [5.74, 6) is 0.182. The third-order valence-corrected chi connectivity index (χ3v) is 5.39. The van der Waals surface area contributed by atoms with Gasteiger partial charge in [0.2, 0.25) is 5.91 Å². The van der Waals surface area contributed by atoms with E-state index in [0.717, 1.165) is 9.79 Å². The highest BCUT2D eigenvalue weighted by atomic mass is 35.5. The average Bonchev–Trinajstić information content (AvgIpc) is 3.03. The van der Waals surface area contributed by atoms with Crippen molar-refractivity contribution in [3.8, 4) is 0 Å². The minimum atomic E-state index is -0.465. The van der Waals surface area contributed by atoms with Gasteiger partial charge in [0, 0.05) is 32.5 Å². The van der Waals surface area contributed by atoms with Gasteiger partial charge < -0.3 is 5.32 Å². The van der Waals surface area contributed by atoms with Gasteiger partial charge in [-0.2, -0.15) is 5.10 Å². The molecule has 1 amide bonds. The number of benzene rings is 2. The molecule has 0 bridgehead atoms. The van der Waals surface area contributed by atoms with Gasteiger partial charge in [0.05, 0.1) is 16.9 Å². The highest BCUT2D eigenvalue weighted by molar-refractivity contribution is 8.15. The smallest absolute Gasteiger partial charge is 0.270 e. The number of thioether (sulfide) groups is 1. The maximum Gasteiger partial charge on any atom is 0.270 e. The molecule has 0 spiro atoms. The molecule has 0 aromatic heterocycles. The van der Waals surface area contributed by atoms with Crippen LogP contribution in [-0.2, 0) is 4.79 Å². The van der Waals surface area contributed by atoms with Gasteiger partial charge in [-0.15, -0.1) is 5.10 Å². The Hall–Kier alpha value is -2.36. The number of nitro benzene ring substituents is 1. The van der Waals surface area contributed by atoms with Crippen molar-refractivity contribution in [1.29, 1.82) is 0 Å². The fraction of sp³-hybridized carbons (Fsp3) is 0.0625. The molecule has 2 aromatic carbocycles. The molecule has 0 unspecified atom stereocenters. The summed E-state index contributed by atoms with van der Waals surface area (Å²) in [7, 11) is 0. The molecule has 1 aliphatic heterocycles. The van der Waals surface area contributed by atoms with Crippen molar-refractivity contribution < 1.29 is 9.72 Å². The summed E-state index contributed by atoms with van der Waals surface area (Å²) in [5.41, 5.74) is 0.515. The van der Waals surface area contributed by atoms with Gasteiger partial charge >= 0.3 is 0 Å². The summed E-state index contributed by atoms with van der Waals surface area (Å²) in [4.78, 5) is 23.4. The quantitative estimate of drug-likeness (QED) is 0.460. The minimum Gasteiger partial charge on any atom is -0.303 e. The molecule has 1 fully saturated rings. The van der Waals surface area contributed by atoms with Crippen molar-refractivity contribution in [3.63, 3.8) is 0 Å². The first-order valence-electron chi connectivity index (χ1n) is 7.27. The second-order valence-corrected chi connectivity index (χ2v) is 7.54. The molecular weight excluding hydrogens is 396 g/mol. The van der Waals surface area contributed by atoms with Crippen LogP contribution in [0, 0.1) is 10.1 Å². The largest absolute Gasteiger partial charge is 0.303 e. The Morgan fingerprint density at radius 2 is 2.04 bits per heavy atom. The van der Waals surface area contributed by atoms with Crippen LogP contribution in [0.15, 0.2) is 62.5 Å². The first-order chi connectivity index (χ1) is 12.5. The van der Waals surface area contributed by atoms with E-state index < -0.39 is 4.92 Å². The van der Waals surface area contributed by atoms with Crippen LogP contribution in [0.1, 0.15) is 5.56 Å². The van der Waals surface area contributed by atoms with Crippen molar-refractivity contribution in [1.82, 2.24) is 5.32 Å². The van der Waals surface area contributed by atoms with Crippen molar-refractivity contribution in [2.45, 2.75) is 9.79 Å². The zero-order valence-corrected chi connectivity index (χ0v) is 15.5. The molecule has 3 rings (SSSR count). The Morgan fingerprint density at radius 1 is 1.27 bits per heavy atom. The van der Waals surface area contributed by atoms with Crippen LogP contribution >= 0.6 is 35.1 Å². The third-order valence-electron chi connectivity index (χ3n) is 3.18. The van der Waals surface area contributed by atoms with E-state index in [0.29, 0.717) is 21.5 Å². The number of rotatable bonds is 5. The van der Waals surface area contributed by atoms with Crippen LogP contribution in [0.3, 0.4) is 0 Å². The van der Waals surface area contributed by atoms with E-state index in [-0.39, 0.29) is 11.6 Å². The van der Waals surface area contributed by atoms with E-state index in [1.165, 1.54) is 41.9 Å². The Morgan fingerprint density at radius 3 is 2.69 bits per heavy atom. The van der Waals surface area contributed by atoms with Crippen LogP contribution in [0.4, 0.5) is 5.69 Å². The molecule has 1 N–H and O–H groups in total. The molecule has 0 radical (unpaired) electrons. The number of hydrogen-bond acceptors (Lipinski definition) is 7. The van der Waals surface area contributed by atoms with Gasteiger partial charge in [-0.25, -0.2) is 0 Å². The second-order valence-electron chi connectivity index (χ2n) is 5.02. The number of nitrogens with zero attached hydrogens (tertiary/aromatic N) is 3. The number of amidine groups is 1. The number of carbonyl (C=O) groups excluding carboxylic acids is 1. The molecule has 7 nitrogen and oxygen atoms in total. The van der Waals surface area contributed by atoms with E-state index in [4.69, 9.17) is 11.6 Å². The first-order valence-corrected chi connectivity index (χ1v) is 9.45. The Balaban J connectivity index is 1.87. The fourth-order valence-corrected chi connectivity index (χ4v) is 3.64. The number of amides is 1. The maximum absolute atomic E-state index is 11.1. The number of hydrogen-bond donors (Lipinski definition) is 1. The molecule has 1 aliphatic rings. The molecule has 132 valence electrons. The van der Waals surface area contributed by atoms with Crippen LogP contribution in [0.25, 0.3) is 0 Å². The van der Waals surface area contributed by atoms with Gasteiger partial charge in [-0.3, -0.25) is 14.9 Å². The number of nitro groups is 1. The summed E-state index contributed by atoms with van der Waals surface area (Å²) in [6.45, 7) is 0. The lowest BCUT2D eigenvalue weighted by atomic mass is 10.2. The molecular formula is C16H11ClN4O3S2. The van der Waals surface area contributed by atoms with Crippen LogP contribution < -0.4 is 5.32 Å². The predicted octanol–water partition coefficient (Wildman–Crippen LogP) is 3.95.